The van der Waals surface area contributed by atoms with E-state index in [4.69, 9.17) is 9.47 Å². The van der Waals surface area contributed by atoms with E-state index in [2.05, 4.69) is 28.9 Å². The van der Waals surface area contributed by atoms with Crippen LogP contribution in [0.4, 0.5) is 0 Å². The lowest BCUT2D eigenvalue weighted by Gasteiger charge is -2.09. The van der Waals surface area contributed by atoms with Gasteiger partial charge in [-0.3, -0.25) is 0 Å². The van der Waals surface area contributed by atoms with Crippen molar-refractivity contribution in [1.82, 2.24) is 0 Å². The van der Waals surface area contributed by atoms with Crippen LogP contribution in [0.2, 0.25) is 0 Å². The second-order valence-corrected chi connectivity index (χ2v) is 4.56. The minimum absolute atomic E-state index is 0.807. The Kier molecular flexibility index (Phi) is 4.26. The Hall–Kier alpha value is -1.48. The fourth-order valence-corrected chi connectivity index (χ4v) is 2.29. The SMILES string of the molecule is COc1ccc(Oc2ccc(CBr)c(C)c2)cc1. The Morgan fingerprint density at radius 3 is 2.11 bits per heavy atom. The molecule has 2 nitrogen and oxygen atoms in total. The van der Waals surface area contributed by atoms with Gasteiger partial charge in [-0.2, -0.15) is 0 Å². The summed E-state index contributed by atoms with van der Waals surface area (Å²) in [5.74, 6) is 2.48. The molecule has 0 saturated heterocycles. The number of ether oxygens (including phenoxy) is 2. The van der Waals surface area contributed by atoms with Crippen molar-refractivity contribution >= 4 is 15.9 Å². The lowest BCUT2D eigenvalue weighted by atomic mass is 10.1. The summed E-state index contributed by atoms with van der Waals surface area (Å²) in [6, 6.07) is 13.7. The number of aryl methyl sites for hydroxylation is 1. The minimum atomic E-state index is 0.807. The summed E-state index contributed by atoms with van der Waals surface area (Å²) < 4.78 is 10.9. The van der Waals surface area contributed by atoms with Crippen LogP contribution in [0.15, 0.2) is 42.5 Å². The molecule has 0 aromatic heterocycles. The van der Waals surface area contributed by atoms with Gasteiger partial charge in [0.2, 0.25) is 0 Å². The third-order valence-corrected chi connectivity index (χ3v) is 3.36. The third-order valence-electron chi connectivity index (χ3n) is 2.75. The second kappa shape index (κ2) is 5.91. The summed E-state index contributed by atoms with van der Waals surface area (Å²) in [6.07, 6.45) is 0. The second-order valence-electron chi connectivity index (χ2n) is 4.00. The zero-order chi connectivity index (χ0) is 13.0. The first kappa shape index (κ1) is 13.0. The van der Waals surface area contributed by atoms with Crippen molar-refractivity contribution in [3.8, 4) is 17.2 Å². The van der Waals surface area contributed by atoms with Crippen molar-refractivity contribution in [2.24, 2.45) is 0 Å². The third kappa shape index (κ3) is 3.05. The quantitative estimate of drug-likeness (QED) is 0.763. The van der Waals surface area contributed by atoms with Crippen molar-refractivity contribution in [2.75, 3.05) is 7.11 Å². The monoisotopic (exact) mass is 306 g/mol. The van der Waals surface area contributed by atoms with Crippen LogP contribution >= 0.6 is 15.9 Å². The lowest BCUT2D eigenvalue weighted by Crippen LogP contribution is -1.89. The van der Waals surface area contributed by atoms with Gasteiger partial charge in [0.1, 0.15) is 17.2 Å². The van der Waals surface area contributed by atoms with E-state index in [0.717, 1.165) is 22.6 Å². The molecule has 0 aliphatic heterocycles. The zero-order valence-corrected chi connectivity index (χ0v) is 12.0. The molecule has 0 heterocycles. The van der Waals surface area contributed by atoms with Gasteiger partial charge in [-0.1, -0.05) is 22.0 Å². The average Bonchev–Trinajstić information content (AvgIpc) is 2.40. The molecule has 18 heavy (non-hydrogen) atoms. The minimum Gasteiger partial charge on any atom is -0.497 e. The summed E-state index contributed by atoms with van der Waals surface area (Å²) in [4.78, 5) is 0. The highest BCUT2D eigenvalue weighted by Gasteiger charge is 2.01. The molecule has 94 valence electrons. The van der Waals surface area contributed by atoms with E-state index >= 15 is 0 Å². The van der Waals surface area contributed by atoms with Gasteiger partial charge in [-0.05, 0) is 54.4 Å². The molecule has 0 bridgehead atoms. The van der Waals surface area contributed by atoms with Gasteiger partial charge in [-0.15, -0.1) is 0 Å². The average molecular weight is 307 g/mol. The molecule has 0 saturated carbocycles. The van der Waals surface area contributed by atoms with Gasteiger partial charge in [0.05, 0.1) is 7.11 Å². The summed E-state index contributed by atoms with van der Waals surface area (Å²) >= 11 is 3.46. The van der Waals surface area contributed by atoms with E-state index in [9.17, 15) is 0 Å². The van der Waals surface area contributed by atoms with Crippen LogP contribution in [0.3, 0.4) is 0 Å². The first-order chi connectivity index (χ1) is 8.72. The van der Waals surface area contributed by atoms with Crippen LogP contribution < -0.4 is 9.47 Å². The standard InChI is InChI=1S/C15H15BrO2/c1-11-9-15(4-3-12(11)10-16)18-14-7-5-13(17-2)6-8-14/h3-9H,10H2,1-2H3. The molecule has 0 aliphatic carbocycles. The highest BCUT2D eigenvalue weighted by atomic mass is 79.9. The number of alkyl halides is 1. The molecule has 0 aliphatic rings. The van der Waals surface area contributed by atoms with Crippen molar-refractivity contribution in [3.05, 3.63) is 53.6 Å². The van der Waals surface area contributed by atoms with Gasteiger partial charge in [0.25, 0.3) is 0 Å². The number of methoxy groups -OCH3 is 1. The van der Waals surface area contributed by atoms with Gasteiger partial charge in [0.15, 0.2) is 0 Å². The van der Waals surface area contributed by atoms with E-state index in [1.54, 1.807) is 7.11 Å². The molecular weight excluding hydrogens is 292 g/mol. The van der Waals surface area contributed by atoms with Crippen molar-refractivity contribution < 1.29 is 9.47 Å². The van der Waals surface area contributed by atoms with Crippen LogP contribution in [0.5, 0.6) is 17.2 Å². The Bertz CT molecular complexity index is 521. The normalized spacial score (nSPS) is 10.2. The lowest BCUT2D eigenvalue weighted by molar-refractivity contribution is 0.413. The number of hydrogen-bond donors (Lipinski definition) is 0. The van der Waals surface area contributed by atoms with Crippen LogP contribution in [0, 0.1) is 6.92 Å². The van der Waals surface area contributed by atoms with Crippen molar-refractivity contribution in [3.63, 3.8) is 0 Å². The first-order valence-electron chi connectivity index (χ1n) is 5.70. The highest BCUT2D eigenvalue weighted by molar-refractivity contribution is 9.08. The largest absolute Gasteiger partial charge is 0.497 e. The number of benzene rings is 2. The van der Waals surface area contributed by atoms with E-state index in [0.29, 0.717) is 0 Å². The molecule has 0 fully saturated rings. The number of rotatable bonds is 4. The van der Waals surface area contributed by atoms with Gasteiger partial charge >= 0.3 is 0 Å². The molecule has 0 radical (unpaired) electrons. The topological polar surface area (TPSA) is 18.5 Å². The maximum atomic E-state index is 5.79. The van der Waals surface area contributed by atoms with Crippen LogP contribution in [0.25, 0.3) is 0 Å². The Labute approximate surface area is 116 Å². The molecule has 0 spiro atoms. The van der Waals surface area contributed by atoms with Crippen LogP contribution in [-0.2, 0) is 5.33 Å². The summed E-state index contributed by atoms with van der Waals surface area (Å²) in [6.45, 7) is 2.08. The molecule has 0 atom stereocenters. The van der Waals surface area contributed by atoms with Gasteiger partial charge in [-0.25, -0.2) is 0 Å². The maximum absolute atomic E-state index is 5.79. The van der Waals surface area contributed by atoms with Crippen molar-refractivity contribution in [1.29, 1.82) is 0 Å². The summed E-state index contributed by atoms with van der Waals surface area (Å²) in [5, 5.41) is 0.863. The van der Waals surface area contributed by atoms with Gasteiger partial charge in [0, 0.05) is 5.33 Å². The van der Waals surface area contributed by atoms with E-state index in [1.807, 2.05) is 36.4 Å². The van der Waals surface area contributed by atoms with Crippen LogP contribution in [-0.4, -0.2) is 7.11 Å². The zero-order valence-electron chi connectivity index (χ0n) is 10.4. The predicted octanol–water partition coefficient (Wildman–Crippen LogP) is 4.69. The summed E-state index contributed by atoms with van der Waals surface area (Å²) in [5.41, 5.74) is 2.50. The molecule has 2 rings (SSSR count). The van der Waals surface area contributed by atoms with Crippen LogP contribution in [0.1, 0.15) is 11.1 Å². The molecule has 3 heteroatoms. The van der Waals surface area contributed by atoms with E-state index < -0.39 is 0 Å². The van der Waals surface area contributed by atoms with E-state index in [-0.39, 0.29) is 0 Å². The van der Waals surface area contributed by atoms with Crippen molar-refractivity contribution in [2.45, 2.75) is 12.3 Å². The first-order valence-corrected chi connectivity index (χ1v) is 6.82. The number of hydrogen-bond acceptors (Lipinski definition) is 2. The Morgan fingerprint density at radius 1 is 0.944 bits per heavy atom. The number of halogens is 1. The molecular formula is C15H15BrO2. The van der Waals surface area contributed by atoms with E-state index in [1.165, 1.54) is 11.1 Å². The molecule has 0 amide bonds. The predicted molar refractivity (Wildman–Crippen MR) is 76.9 cm³/mol. The Morgan fingerprint density at radius 2 is 1.56 bits per heavy atom. The highest BCUT2D eigenvalue weighted by Crippen LogP contribution is 2.26. The fourth-order valence-electron chi connectivity index (χ4n) is 1.66. The smallest absolute Gasteiger partial charge is 0.127 e. The Balaban J connectivity index is 2.15. The molecule has 2 aromatic rings. The maximum Gasteiger partial charge on any atom is 0.127 e. The molecule has 0 unspecified atom stereocenters. The molecule has 0 N–H and O–H groups in total. The molecule has 2 aromatic carbocycles. The fraction of sp³-hybridized carbons (Fsp3) is 0.200. The van der Waals surface area contributed by atoms with Gasteiger partial charge < -0.3 is 9.47 Å². The summed E-state index contributed by atoms with van der Waals surface area (Å²) in [7, 11) is 1.65.